The highest BCUT2D eigenvalue weighted by atomic mass is 15.2. The maximum Gasteiger partial charge on any atom is 0.252 e. The van der Waals surface area contributed by atoms with Gasteiger partial charge < -0.3 is 18.9 Å². The van der Waals surface area contributed by atoms with Crippen LogP contribution in [-0.2, 0) is 0 Å². The van der Waals surface area contributed by atoms with Gasteiger partial charge in [-0.15, -0.1) is 0 Å². The fourth-order valence-electron chi connectivity index (χ4n) is 11.4. The summed E-state index contributed by atoms with van der Waals surface area (Å²) >= 11 is 0. The van der Waals surface area contributed by atoms with E-state index >= 15 is 0 Å². The number of fused-ring (bicyclic) bond motifs is 10. The zero-order valence-electron chi connectivity index (χ0n) is 62.3. The van der Waals surface area contributed by atoms with Crippen molar-refractivity contribution >= 4 is 101 Å². The van der Waals surface area contributed by atoms with Crippen LogP contribution in [0.5, 0.6) is 0 Å². The predicted molar refractivity (Wildman–Crippen MR) is 325 cm³/mol. The van der Waals surface area contributed by atoms with E-state index in [-0.39, 0.29) is 43.8 Å². The molecule has 0 saturated heterocycles. The first kappa shape index (κ1) is 26.9. The number of benzene rings is 12. The zero-order chi connectivity index (χ0) is 69.7. The Morgan fingerprint density at radius 1 is 0.299 bits per heavy atom. The molecule has 4 nitrogen and oxygen atoms in total. The minimum atomic E-state index is -1.55. The third kappa shape index (κ3) is 6.60. The lowest BCUT2D eigenvalue weighted by Crippen LogP contribution is -2.61. The van der Waals surface area contributed by atoms with Crippen molar-refractivity contribution in [2.45, 2.75) is 0 Å². The van der Waals surface area contributed by atoms with Gasteiger partial charge in [-0.3, -0.25) is 0 Å². The fourth-order valence-corrected chi connectivity index (χ4v) is 11.4. The van der Waals surface area contributed by atoms with Gasteiger partial charge in [0.15, 0.2) is 0 Å². The minimum Gasteiger partial charge on any atom is -0.311 e. The molecule has 2 aromatic heterocycles. The molecule has 77 heavy (non-hydrogen) atoms. The summed E-state index contributed by atoms with van der Waals surface area (Å²) in [6, 6.07) is 30.7. The Hall–Kier alpha value is -10.1. The number of nitrogens with zero attached hydrogens (tertiary/aromatic N) is 4. The molecule has 358 valence electrons. The van der Waals surface area contributed by atoms with Crippen molar-refractivity contribution in [3.63, 3.8) is 0 Å². The van der Waals surface area contributed by atoms with Crippen LogP contribution < -0.4 is 26.2 Å². The van der Waals surface area contributed by atoms with Crippen molar-refractivity contribution in [1.82, 2.24) is 9.13 Å². The Balaban J connectivity index is 1.15. The Labute approximate surface area is 478 Å². The van der Waals surface area contributed by atoms with Crippen LogP contribution in [0, 0.1) is 0 Å². The van der Waals surface area contributed by atoms with Crippen molar-refractivity contribution < 1.29 is 30.2 Å². The molecule has 2 aliphatic rings. The van der Waals surface area contributed by atoms with Crippen molar-refractivity contribution in [1.29, 1.82) is 0 Å². The van der Waals surface area contributed by atoms with Gasteiger partial charge in [0, 0.05) is 66.8 Å². The highest BCUT2D eigenvalue weighted by molar-refractivity contribution is 7.00. The summed E-state index contributed by atoms with van der Waals surface area (Å²) < 4.78 is 214. The van der Waals surface area contributed by atoms with E-state index in [1.165, 1.54) is 0 Å². The van der Waals surface area contributed by atoms with E-state index in [2.05, 4.69) is 0 Å². The van der Waals surface area contributed by atoms with E-state index in [9.17, 15) is 19.2 Å². The predicted octanol–water partition coefficient (Wildman–Crippen LogP) is 17.0. The second-order valence-corrected chi connectivity index (χ2v) is 18.7. The molecule has 0 amide bonds. The molecule has 0 bridgehead atoms. The lowest BCUT2D eigenvalue weighted by atomic mass is 9.33. The number of para-hydroxylation sites is 6. The Morgan fingerprint density at radius 3 is 1.05 bits per heavy atom. The van der Waals surface area contributed by atoms with Crippen molar-refractivity contribution in [2.75, 3.05) is 9.80 Å². The average Bonchev–Trinajstić information content (AvgIpc) is 1.52. The normalized spacial score (nSPS) is 16.6. The van der Waals surface area contributed by atoms with Crippen molar-refractivity contribution in [2.24, 2.45) is 0 Å². The molecule has 14 aromatic rings. The second-order valence-electron chi connectivity index (χ2n) is 18.7. The zero-order valence-corrected chi connectivity index (χ0v) is 40.3. The molecule has 0 N–H and O–H groups in total. The Bertz CT molecular complexity index is 5490. The molecule has 0 saturated carbocycles. The number of hydrogen-bond donors (Lipinski definition) is 0. The molecule has 2 aliphatic heterocycles. The molecular formula is C72H47BN4. The molecular weight excluding hydrogens is 932 g/mol. The summed E-state index contributed by atoms with van der Waals surface area (Å²) in [5.74, 6) is 0. The number of aromatic nitrogens is 2. The van der Waals surface area contributed by atoms with E-state index < -0.39 is 173 Å². The van der Waals surface area contributed by atoms with Gasteiger partial charge in [-0.1, -0.05) is 212 Å². The van der Waals surface area contributed by atoms with Crippen molar-refractivity contribution in [3.8, 4) is 44.8 Å². The Kier molecular flexibility index (Phi) is 6.03. The van der Waals surface area contributed by atoms with Gasteiger partial charge in [-0.05, 0) is 111 Å². The van der Waals surface area contributed by atoms with Gasteiger partial charge in [0.05, 0.1) is 63.6 Å². The summed E-state index contributed by atoms with van der Waals surface area (Å²) in [6.45, 7) is -1.55. The first-order valence-corrected chi connectivity index (χ1v) is 24.8. The molecule has 0 fully saturated rings. The highest BCUT2D eigenvalue weighted by Gasteiger charge is 2.45. The fraction of sp³-hybridized carbons (Fsp3) is 0. The topological polar surface area (TPSA) is 16.3 Å². The maximum atomic E-state index is 11.1. The van der Waals surface area contributed by atoms with Crippen molar-refractivity contribution in [3.05, 3.63) is 285 Å². The highest BCUT2D eigenvalue weighted by Crippen LogP contribution is 2.50. The molecule has 12 aromatic carbocycles. The third-order valence-electron chi connectivity index (χ3n) is 14.6. The van der Waals surface area contributed by atoms with Gasteiger partial charge in [-0.2, -0.15) is 0 Å². The van der Waals surface area contributed by atoms with Gasteiger partial charge >= 0.3 is 0 Å². The molecule has 0 radical (unpaired) electrons. The molecule has 0 atom stereocenters. The third-order valence-corrected chi connectivity index (χ3v) is 14.6. The molecule has 0 spiro atoms. The van der Waals surface area contributed by atoms with Gasteiger partial charge in [0.1, 0.15) is 0 Å². The summed E-state index contributed by atoms with van der Waals surface area (Å²) in [6.07, 6.45) is 0. The summed E-state index contributed by atoms with van der Waals surface area (Å²) in [7, 11) is 0. The van der Waals surface area contributed by atoms with Crippen LogP contribution in [0.1, 0.15) is 30.2 Å². The Morgan fingerprint density at radius 2 is 0.649 bits per heavy atom. The van der Waals surface area contributed by atoms with Gasteiger partial charge in [0.2, 0.25) is 0 Å². The van der Waals surface area contributed by atoms with Crippen LogP contribution in [0.4, 0.5) is 34.1 Å². The smallest absolute Gasteiger partial charge is 0.252 e. The average molecular weight is 1000 g/mol. The maximum absolute atomic E-state index is 11.1. The lowest BCUT2D eigenvalue weighted by Gasteiger charge is -2.45. The van der Waals surface area contributed by atoms with Crippen LogP contribution in [0.2, 0.25) is 0 Å². The molecule has 16 rings (SSSR count). The minimum absolute atomic E-state index is 0.139. The van der Waals surface area contributed by atoms with E-state index in [0.717, 1.165) is 9.13 Å². The first-order valence-electron chi connectivity index (χ1n) is 35.8. The quantitative estimate of drug-likeness (QED) is 0.148. The summed E-state index contributed by atoms with van der Waals surface area (Å²) in [5, 5.41) is -1.36. The van der Waals surface area contributed by atoms with Crippen LogP contribution >= 0.6 is 0 Å². The van der Waals surface area contributed by atoms with E-state index in [1.807, 2.05) is 127 Å². The molecule has 5 heteroatoms. The summed E-state index contributed by atoms with van der Waals surface area (Å²) in [5.41, 5.74) is 2.16. The lowest BCUT2D eigenvalue weighted by molar-refractivity contribution is 1.17. The standard InChI is InChI=1S/C72H47BN4/c1-4-22-48(23-5-1)51-44-70-72-71(45-51)77(63-35-17-11-29-55(63)50-26-8-3-9-27-50)69-47-53(75-66-38-20-14-32-58(66)59-33-15-21-39-67(59)75)41-43-61(69)73(72)60-42-40-52(74-64-36-18-12-30-56(64)57-31-13-19-37-65(57)74)46-68(60)76(70)62-34-16-10-28-54(62)49-24-6-2-7-25-49/h1-47H/i12D,13D,14D,15D,18D,19D,20D,21D,30D,31D,32D,33D,36D,37D,38D,39D,40D,41D,42D,43D,46D,47D. The van der Waals surface area contributed by atoms with Crippen LogP contribution in [0.25, 0.3) is 88.4 Å². The number of rotatable bonds is 7. The largest absolute Gasteiger partial charge is 0.311 e. The van der Waals surface area contributed by atoms with Crippen LogP contribution in [0.15, 0.2) is 285 Å². The summed E-state index contributed by atoms with van der Waals surface area (Å²) in [4.78, 5) is 3.51. The molecule has 4 heterocycles. The van der Waals surface area contributed by atoms with E-state index in [4.69, 9.17) is 11.0 Å². The van der Waals surface area contributed by atoms with E-state index in [0.29, 0.717) is 61.6 Å². The van der Waals surface area contributed by atoms with Crippen LogP contribution in [-0.4, -0.2) is 15.8 Å². The first-order chi connectivity index (χ1) is 47.4. The number of anilines is 6. The van der Waals surface area contributed by atoms with Gasteiger partial charge in [-0.25, -0.2) is 0 Å². The monoisotopic (exact) mass is 1000 g/mol. The second kappa shape index (κ2) is 17.2. The molecule has 0 unspecified atom stereocenters. The number of hydrogen-bond acceptors (Lipinski definition) is 2. The van der Waals surface area contributed by atoms with Gasteiger partial charge in [0.25, 0.3) is 6.71 Å². The van der Waals surface area contributed by atoms with Crippen LogP contribution in [0.3, 0.4) is 0 Å². The SMILES string of the molecule is [2H]c1c([2H])c(-n2c3c([2H])c([2H])c([2H])c([2H])c3c3c([2H])c([2H])c([2H])c([2H])c32)c([2H])c2c1B1c3c(cc(-c4ccccc4)cc3N(c3ccccc3-c3ccccc3)c3c([2H])c(-n4c5c([2H])c([2H])c([2H])c([2H])c5c5c([2H])c([2H])c([2H])c([2H])c54)c([2H])c([2H])c31)N2c1ccccc1-c1ccccc1. The van der Waals surface area contributed by atoms with E-state index in [1.54, 1.807) is 34.1 Å². The molecule has 0 aliphatic carbocycles.